The summed E-state index contributed by atoms with van der Waals surface area (Å²) in [6.07, 6.45) is 2.41. The number of piperidine rings is 1. The van der Waals surface area contributed by atoms with Gasteiger partial charge in [-0.2, -0.15) is 0 Å². The third kappa shape index (κ3) is 3.76. The van der Waals surface area contributed by atoms with Gasteiger partial charge in [0, 0.05) is 29.7 Å². The summed E-state index contributed by atoms with van der Waals surface area (Å²) in [6.45, 7) is 2.75. The molecule has 1 atom stereocenters. The topological polar surface area (TPSA) is 26.7 Å². The minimum Gasteiger partial charge on any atom is -0.506 e. The molecule has 0 saturated carbocycles. The van der Waals surface area contributed by atoms with Gasteiger partial charge in [-0.3, -0.25) is 4.90 Å². The predicted molar refractivity (Wildman–Crippen MR) is 80.1 cm³/mol. The first-order chi connectivity index (χ1) is 8.97. The number of likely N-dealkylation sites (tertiary alicyclic amines) is 1. The van der Waals surface area contributed by atoms with Gasteiger partial charge < -0.3 is 10.0 Å². The van der Waals surface area contributed by atoms with E-state index in [0.29, 0.717) is 22.6 Å². The highest BCUT2D eigenvalue weighted by Gasteiger charge is 2.22. The maximum absolute atomic E-state index is 10.0. The Hall–Kier alpha value is -0.480. The Balaban J connectivity index is 2.09. The van der Waals surface area contributed by atoms with Crippen LogP contribution in [0.4, 0.5) is 0 Å². The van der Waals surface area contributed by atoms with Gasteiger partial charge in [-0.25, -0.2) is 0 Å². The molecule has 2 rings (SSSR count). The van der Waals surface area contributed by atoms with Crippen LogP contribution in [0.25, 0.3) is 0 Å². The fourth-order valence-corrected chi connectivity index (χ4v) is 3.11. The summed E-state index contributed by atoms with van der Waals surface area (Å²) in [5.74, 6) is 0.151. The Morgan fingerprint density at radius 2 is 2.11 bits per heavy atom. The fourth-order valence-electron chi connectivity index (χ4n) is 2.58. The molecule has 0 bridgehead atoms. The van der Waals surface area contributed by atoms with Crippen molar-refractivity contribution in [3.8, 4) is 5.75 Å². The number of hydrogen-bond donors (Lipinski definition) is 1. The number of likely N-dealkylation sites (N-methyl/N-ethyl adjacent to an activating group) is 1. The second-order valence-electron chi connectivity index (χ2n) is 5.39. The smallest absolute Gasteiger partial charge is 0.138 e. The molecule has 0 radical (unpaired) electrons. The molecule has 19 heavy (non-hydrogen) atoms. The molecule has 1 N–H and O–H groups in total. The van der Waals surface area contributed by atoms with Crippen LogP contribution in [0.5, 0.6) is 5.75 Å². The lowest BCUT2D eigenvalue weighted by Crippen LogP contribution is -2.44. The highest BCUT2D eigenvalue weighted by molar-refractivity contribution is 6.35. The van der Waals surface area contributed by atoms with Crippen LogP contribution in [-0.4, -0.2) is 48.1 Å². The van der Waals surface area contributed by atoms with E-state index in [1.165, 1.54) is 12.8 Å². The number of phenolic OH excluding ortho intramolecular Hbond substituents is 1. The zero-order valence-electron chi connectivity index (χ0n) is 11.4. The summed E-state index contributed by atoms with van der Waals surface area (Å²) in [5, 5.41) is 10.9. The lowest BCUT2D eigenvalue weighted by atomic mass is 10.0. The van der Waals surface area contributed by atoms with E-state index >= 15 is 0 Å². The van der Waals surface area contributed by atoms with E-state index in [0.717, 1.165) is 18.7 Å². The zero-order chi connectivity index (χ0) is 14.0. The van der Waals surface area contributed by atoms with Crippen LogP contribution >= 0.6 is 23.2 Å². The van der Waals surface area contributed by atoms with Crippen molar-refractivity contribution in [2.45, 2.75) is 25.4 Å². The lowest BCUT2D eigenvalue weighted by molar-refractivity contribution is 0.127. The van der Waals surface area contributed by atoms with E-state index < -0.39 is 0 Å². The van der Waals surface area contributed by atoms with Crippen molar-refractivity contribution in [3.63, 3.8) is 0 Å². The number of benzene rings is 1. The Kier molecular flexibility index (Phi) is 4.96. The van der Waals surface area contributed by atoms with E-state index in [4.69, 9.17) is 23.2 Å². The third-order valence-corrected chi connectivity index (χ3v) is 4.22. The largest absolute Gasteiger partial charge is 0.506 e. The first kappa shape index (κ1) is 14.9. The number of rotatable bonds is 3. The summed E-state index contributed by atoms with van der Waals surface area (Å²) in [7, 11) is 4.23. The van der Waals surface area contributed by atoms with E-state index in [-0.39, 0.29) is 5.75 Å². The molecular formula is C14H20Cl2N2O. The number of hydrogen-bond acceptors (Lipinski definition) is 3. The van der Waals surface area contributed by atoms with Crippen LogP contribution < -0.4 is 0 Å². The van der Waals surface area contributed by atoms with Gasteiger partial charge in [-0.15, -0.1) is 0 Å². The van der Waals surface area contributed by atoms with Crippen molar-refractivity contribution in [2.24, 2.45) is 0 Å². The maximum atomic E-state index is 10.0. The molecule has 5 heteroatoms. The maximum Gasteiger partial charge on any atom is 0.138 e. The Morgan fingerprint density at radius 1 is 1.37 bits per heavy atom. The van der Waals surface area contributed by atoms with Crippen LogP contribution in [0.15, 0.2) is 12.1 Å². The molecule has 1 aromatic rings. The van der Waals surface area contributed by atoms with Gasteiger partial charge in [-0.05, 0) is 45.6 Å². The summed E-state index contributed by atoms with van der Waals surface area (Å²) in [6, 6.07) is 3.94. The first-order valence-corrected chi connectivity index (χ1v) is 7.28. The van der Waals surface area contributed by atoms with Crippen molar-refractivity contribution < 1.29 is 5.11 Å². The number of halogens is 2. The van der Waals surface area contributed by atoms with Crippen LogP contribution in [-0.2, 0) is 6.54 Å². The van der Waals surface area contributed by atoms with Gasteiger partial charge in [0.15, 0.2) is 0 Å². The highest BCUT2D eigenvalue weighted by atomic mass is 35.5. The van der Waals surface area contributed by atoms with Crippen LogP contribution in [0, 0.1) is 0 Å². The monoisotopic (exact) mass is 302 g/mol. The summed E-state index contributed by atoms with van der Waals surface area (Å²) in [5.41, 5.74) is 0.803. The van der Waals surface area contributed by atoms with Crippen molar-refractivity contribution in [3.05, 3.63) is 27.7 Å². The van der Waals surface area contributed by atoms with Gasteiger partial charge >= 0.3 is 0 Å². The molecule has 3 nitrogen and oxygen atoms in total. The first-order valence-electron chi connectivity index (χ1n) is 6.53. The normalized spacial score (nSPS) is 21.0. The van der Waals surface area contributed by atoms with Gasteiger partial charge in [0.1, 0.15) is 5.75 Å². The minimum absolute atomic E-state index is 0.151. The standard InChI is InChI=1S/C14H20Cl2N2O/c1-17(2)12-4-3-5-18(9-12)8-10-6-11(15)7-13(16)14(10)19/h6-7,12,19H,3-5,8-9H2,1-2H3. The molecule has 1 aromatic carbocycles. The van der Waals surface area contributed by atoms with Crippen molar-refractivity contribution in [1.29, 1.82) is 0 Å². The summed E-state index contributed by atoms with van der Waals surface area (Å²) < 4.78 is 0. The second-order valence-corrected chi connectivity index (χ2v) is 6.23. The Labute approximate surface area is 124 Å². The van der Waals surface area contributed by atoms with Gasteiger partial charge in [0.2, 0.25) is 0 Å². The molecule has 1 aliphatic rings. The molecule has 0 spiro atoms. The molecule has 0 aliphatic carbocycles. The third-order valence-electron chi connectivity index (χ3n) is 3.71. The van der Waals surface area contributed by atoms with Crippen LogP contribution in [0.1, 0.15) is 18.4 Å². The van der Waals surface area contributed by atoms with Gasteiger partial charge in [-0.1, -0.05) is 23.2 Å². The van der Waals surface area contributed by atoms with Crippen LogP contribution in [0.2, 0.25) is 10.0 Å². The number of nitrogens with zero attached hydrogens (tertiary/aromatic N) is 2. The van der Waals surface area contributed by atoms with E-state index in [9.17, 15) is 5.11 Å². The fraction of sp³-hybridized carbons (Fsp3) is 0.571. The Bertz CT molecular complexity index is 451. The van der Waals surface area contributed by atoms with Gasteiger partial charge in [0.05, 0.1) is 5.02 Å². The zero-order valence-corrected chi connectivity index (χ0v) is 12.9. The quantitative estimate of drug-likeness (QED) is 0.929. The van der Waals surface area contributed by atoms with E-state index in [1.54, 1.807) is 12.1 Å². The van der Waals surface area contributed by atoms with Crippen molar-refractivity contribution in [2.75, 3.05) is 27.2 Å². The molecule has 1 saturated heterocycles. The SMILES string of the molecule is CN(C)C1CCCN(Cc2cc(Cl)cc(Cl)c2O)C1. The molecule has 1 fully saturated rings. The molecule has 1 unspecified atom stereocenters. The van der Waals surface area contributed by atoms with Crippen molar-refractivity contribution in [1.82, 2.24) is 9.80 Å². The second kappa shape index (κ2) is 6.31. The summed E-state index contributed by atoms with van der Waals surface area (Å²) >= 11 is 12.0. The van der Waals surface area contributed by atoms with E-state index in [2.05, 4.69) is 23.9 Å². The average molecular weight is 303 g/mol. The average Bonchev–Trinajstić information content (AvgIpc) is 2.35. The molecule has 0 aromatic heterocycles. The highest BCUT2D eigenvalue weighted by Crippen LogP contribution is 2.32. The Morgan fingerprint density at radius 3 is 2.79 bits per heavy atom. The molecule has 0 amide bonds. The van der Waals surface area contributed by atoms with Crippen LogP contribution in [0.3, 0.4) is 0 Å². The molecule has 1 heterocycles. The number of phenols is 1. The minimum atomic E-state index is 0.151. The van der Waals surface area contributed by atoms with Gasteiger partial charge in [0.25, 0.3) is 0 Å². The number of aromatic hydroxyl groups is 1. The molecule has 1 aliphatic heterocycles. The predicted octanol–water partition coefficient (Wildman–Crippen LogP) is 3.23. The summed E-state index contributed by atoms with van der Waals surface area (Å²) in [4.78, 5) is 4.60. The van der Waals surface area contributed by atoms with E-state index in [1.807, 2.05) is 0 Å². The lowest BCUT2D eigenvalue weighted by Gasteiger charge is -2.36. The molecular weight excluding hydrogens is 283 g/mol. The molecule has 106 valence electrons. The van der Waals surface area contributed by atoms with Crippen molar-refractivity contribution >= 4 is 23.2 Å².